The van der Waals surface area contributed by atoms with Crippen molar-refractivity contribution in [2.45, 2.75) is 77.0 Å². The van der Waals surface area contributed by atoms with E-state index in [0.29, 0.717) is 0 Å². The molecule has 7 aliphatic carbocycles. The molecule has 0 N–H and O–H groups in total. The smallest absolute Gasteiger partial charge is 0.258 e. The second-order valence-electron chi connectivity index (χ2n) is 15.4. The Kier molecular flexibility index (Phi) is 5.12. The Morgan fingerprint density at radius 1 is 0.455 bits per heavy atom. The first-order valence-electron chi connectivity index (χ1n) is 16.4. The molecule has 9 aliphatic rings. The van der Waals surface area contributed by atoms with Crippen LogP contribution < -0.4 is 9.80 Å². The van der Waals surface area contributed by atoms with Gasteiger partial charge in [0.1, 0.15) is 0 Å². The fourth-order valence-corrected chi connectivity index (χ4v) is 12.1. The molecule has 224 valence electrons. The number of rotatable bonds is 4. The predicted molar refractivity (Wildman–Crippen MR) is 167 cm³/mol. The summed E-state index contributed by atoms with van der Waals surface area (Å²) >= 11 is 0. The van der Waals surface area contributed by atoms with Crippen molar-refractivity contribution in [2.75, 3.05) is 9.80 Å². The minimum Gasteiger partial charge on any atom is -0.269 e. The molecular formula is C38H38N2O4. The average Bonchev–Trinajstić information content (AvgIpc) is 3.49. The SMILES string of the molecule is Cc1cc(C23CC4C5CC6(c7cc(C)c(N8C(=O)C=CC8=O)c(C)c7)CC4C(C2)C(C6)C5C3)cc(C)c1N1C(=O)C=CC1=O. The highest BCUT2D eigenvalue weighted by molar-refractivity contribution is 6.29. The number of anilines is 2. The Balaban J connectivity index is 1.03. The van der Waals surface area contributed by atoms with Gasteiger partial charge in [0.25, 0.3) is 23.6 Å². The van der Waals surface area contributed by atoms with Crippen molar-refractivity contribution in [3.8, 4) is 0 Å². The van der Waals surface area contributed by atoms with E-state index < -0.39 is 0 Å². The number of hydrogen-bond acceptors (Lipinski definition) is 4. The van der Waals surface area contributed by atoms with Gasteiger partial charge >= 0.3 is 0 Å². The van der Waals surface area contributed by atoms with E-state index in [1.807, 2.05) is 0 Å². The Hall–Kier alpha value is -3.80. The van der Waals surface area contributed by atoms with Crippen LogP contribution in [-0.2, 0) is 30.0 Å². The summed E-state index contributed by atoms with van der Waals surface area (Å²) in [5, 5.41) is 0. The molecule has 6 nitrogen and oxygen atoms in total. The summed E-state index contributed by atoms with van der Waals surface area (Å²) in [6.07, 6.45) is 13.0. The highest BCUT2D eigenvalue weighted by atomic mass is 16.2. The zero-order valence-corrected chi connectivity index (χ0v) is 25.9. The van der Waals surface area contributed by atoms with E-state index in [1.165, 1.54) is 83.8 Å². The van der Waals surface area contributed by atoms with E-state index >= 15 is 0 Å². The van der Waals surface area contributed by atoms with Gasteiger partial charge in [-0.3, -0.25) is 19.2 Å². The number of amides is 4. The van der Waals surface area contributed by atoms with Crippen LogP contribution in [0.4, 0.5) is 11.4 Å². The van der Waals surface area contributed by atoms with Crippen LogP contribution in [0.15, 0.2) is 48.6 Å². The second kappa shape index (κ2) is 8.47. The van der Waals surface area contributed by atoms with Crippen molar-refractivity contribution in [3.63, 3.8) is 0 Å². The molecule has 4 amide bonds. The molecule has 2 aliphatic heterocycles. The van der Waals surface area contributed by atoms with Crippen LogP contribution >= 0.6 is 0 Å². The van der Waals surface area contributed by atoms with E-state index in [-0.39, 0.29) is 34.5 Å². The Labute approximate surface area is 258 Å². The molecule has 0 unspecified atom stereocenters. The lowest BCUT2D eigenvalue weighted by molar-refractivity contribution is -0.221. The van der Waals surface area contributed by atoms with Crippen LogP contribution in [0.5, 0.6) is 0 Å². The molecular weight excluding hydrogens is 548 g/mol. The molecule has 11 rings (SSSR count). The molecule has 0 aromatic heterocycles. The minimum absolute atomic E-state index is 0.198. The lowest BCUT2D eigenvalue weighted by Crippen LogP contribution is -2.69. The van der Waals surface area contributed by atoms with Crippen LogP contribution in [0, 0.1) is 63.2 Å². The molecule has 7 saturated carbocycles. The molecule has 2 aromatic carbocycles. The van der Waals surface area contributed by atoms with E-state index in [9.17, 15) is 19.2 Å². The van der Waals surface area contributed by atoms with Crippen molar-refractivity contribution < 1.29 is 19.2 Å². The normalized spacial score (nSPS) is 37.5. The van der Waals surface area contributed by atoms with Crippen molar-refractivity contribution in [1.82, 2.24) is 0 Å². The number of nitrogens with zero attached hydrogens (tertiary/aromatic N) is 2. The van der Waals surface area contributed by atoms with Gasteiger partial charge in [0, 0.05) is 24.3 Å². The number of imide groups is 2. The largest absolute Gasteiger partial charge is 0.269 e. The van der Waals surface area contributed by atoms with Gasteiger partial charge in [0.05, 0.1) is 11.4 Å². The first-order valence-corrected chi connectivity index (χ1v) is 16.4. The predicted octanol–water partition coefficient (Wildman–Crippen LogP) is 6.06. The molecule has 0 atom stereocenters. The number of carbonyl (C=O) groups excluding carboxylic acids is 4. The van der Waals surface area contributed by atoms with Crippen LogP contribution in [0.3, 0.4) is 0 Å². The fourth-order valence-electron chi connectivity index (χ4n) is 12.1. The van der Waals surface area contributed by atoms with E-state index in [1.54, 1.807) is 0 Å². The van der Waals surface area contributed by atoms with Gasteiger partial charge in [-0.1, -0.05) is 24.3 Å². The van der Waals surface area contributed by atoms with Gasteiger partial charge < -0.3 is 0 Å². The Morgan fingerprint density at radius 2 is 0.682 bits per heavy atom. The number of benzene rings is 2. The summed E-state index contributed by atoms with van der Waals surface area (Å²) in [6.45, 7) is 8.23. The van der Waals surface area contributed by atoms with Gasteiger partial charge in [-0.05, 0) is 146 Å². The van der Waals surface area contributed by atoms with Crippen molar-refractivity contribution in [1.29, 1.82) is 0 Å². The third-order valence-corrected chi connectivity index (χ3v) is 13.3. The minimum atomic E-state index is -0.250. The summed E-state index contributed by atoms with van der Waals surface area (Å²) in [4.78, 5) is 52.7. The maximum absolute atomic E-state index is 12.5. The molecule has 0 spiro atoms. The molecule has 7 fully saturated rings. The topological polar surface area (TPSA) is 74.8 Å². The van der Waals surface area contributed by atoms with Crippen LogP contribution in [0.25, 0.3) is 0 Å². The van der Waals surface area contributed by atoms with Crippen LogP contribution in [0.1, 0.15) is 71.9 Å². The summed E-state index contributed by atoms with van der Waals surface area (Å²) < 4.78 is 0. The van der Waals surface area contributed by atoms with Crippen molar-refractivity contribution in [3.05, 3.63) is 82.0 Å². The van der Waals surface area contributed by atoms with Crippen molar-refractivity contribution >= 4 is 35.0 Å². The molecule has 6 heteroatoms. The van der Waals surface area contributed by atoms with Crippen LogP contribution in [-0.4, -0.2) is 23.6 Å². The maximum atomic E-state index is 12.5. The highest BCUT2D eigenvalue weighted by Gasteiger charge is 2.70. The monoisotopic (exact) mass is 586 g/mol. The average molecular weight is 587 g/mol. The summed E-state index contributed by atoms with van der Waals surface area (Å²) in [5.41, 5.74) is 8.83. The first-order chi connectivity index (χ1) is 21.0. The van der Waals surface area contributed by atoms with Gasteiger partial charge in [-0.15, -0.1) is 0 Å². The molecule has 2 aromatic rings. The van der Waals surface area contributed by atoms with Gasteiger partial charge in [-0.2, -0.15) is 0 Å². The summed E-state index contributed by atoms with van der Waals surface area (Å²) in [7, 11) is 0. The molecule has 44 heavy (non-hydrogen) atoms. The Bertz CT molecular complexity index is 1540. The summed E-state index contributed by atoms with van der Waals surface area (Å²) in [6, 6.07) is 9.20. The quantitative estimate of drug-likeness (QED) is 0.408. The van der Waals surface area contributed by atoms with E-state index in [2.05, 4.69) is 52.0 Å². The zero-order valence-electron chi connectivity index (χ0n) is 25.9. The standard InChI is InChI=1S/C38H38N2O4/c1-19-9-23(10-20(2)35(19)39-31(41)5-6-32(39)42)37-13-25-28-16-38(17-29(25)27(15-37)30(18-38)26(28)14-37)24-11-21(3)36(22(4)12-24)40-33(43)7-8-34(40)44/h5-12,25-30H,13-18H2,1-4H3. The molecule has 8 bridgehead atoms. The Morgan fingerprint density at radius 3 is 0.909 bits per heavy atom. The molecule has 0 saturated heterocycles. The van der Waals surface area contributed by atoms with Crippen LogP contribution in [0.2, 0.25) is 0 Å². The lowest BCUT2D eigenvalue weighted by Gasteiger charge is -2.75. The third-order valence-electron chi connectivity index (χ3n) is 13.3. The van der Waals surface area contributed by atoms with E-state index in [4.69, 9.17) is 0 Å². The van der Waals surface area contributed by atoms with Crippen molar-refractivity contribution in [2.24, 2.45) is 35.5 Å². The first kappa shape index (κ1) is 26.6. The van der Waals surface area contributed by atoms with Gasteiger partial charge in [0.2, 0.25) is 0 Å². The third kappa shape index (κ3) is 3.22. The van der Waals surface area contributed by atoms with Gasteiger partial charge in [0.15, 0.2) is 0 Å². The van der Waals surface area contributed by atoms with E-state index in [0.717, 1.165) is 69.1 Å². The lowest BCUT2D eigenvalue weighted by atomic mass is 9.29. The summed E-state index contributed by atoms with van der Waals surface area (Å²) in [5.74, 6) is 3.56. The maximum Gasteiger partial charge on any atom is 0.258 e. The highest BCUT2D eigenvalue weighted by Crippen LogP contribution is 2.77. The fraction of sp³-hybridized carbons (Fsp3) is 0.474. The molecule has 0 radical (unpaired) electrons. The van der Waals surface area contributed by atoms with Gasteiger partial charge in [-0.25, -0.2) is 9.80 Å². The number of aryl methyl sites for hydroxylation is 4. The second-order valence-corrected chi connectivity index (χ2v) is 15.4. The number of carbonyl (C=O) groups is 4. The molecule has 2 heterocycles. The zero-order chi connectivity index (χ0) is 30.4. The number of hydrogen-bond donors (Lipinski definition) is 0.